The van der Waals surface area contributed by atoms with E-state index >= 15 is 0 Å². The quantitative estimate of drug-likeness (QED) is 0.735. The van der Waals surface area contributed by atoms with E-state index in [2.05, 4.69) is 60.3 Å². The Hall–Kier alpha value is -1.75. The molecule has 0 bridgehead atoms. The van der Waals surface area contributed by atoms with Gasteiger partial charge in [-0.25, -0.2) is 0 Å². The average Bonchev–Trinajstić information content (AvgIpc) is 3.01. The van der Waals surface area contributed by atoms with Crippen LogP contribution in [0, 0.1) is 12.8 Å². The number of hydrogen-bond acceptors (Lipinski definition) is 4. The van der Waals surface area contributed by atoms with Crippen molar-refractivity contribution in [2.45, 2.75) is 40.0 Å². The molecule has 5 heteroatoms. The largest absolute Gasteiger partial charge is 0.234 e. The second kappa shape index (κ2) is 5.56. The SMILES string of the molecule is Cc1nnc2sc([C@@H](C)c3ccc(CC(C)C)cc3)nn12. The van der Waals surface area contributed by atoms with E-state index in [1.54, 1.807) is 11.3 Å². The average molecular weight is 300 g/mol. The number of fused-ring (bicyclic) bond motifs is 1. The Kier molecular flexibility index (Phi) is 3.76. The predicted molar refractivity (Wildman–Crippen MR) is 85.9 cm³/mol. The lowest BCUT2D eigenvalue weighted by Gasteiger charge is -2.10. The third-order valence-corrected chi connectivity index (χ3v) is 4.74. The molecule has 21 heavy (non-hydrogen) atoms. The Morgan fingerprint density at radius 3 is 2.43 bits per heavy atom. The summed E-state index contributed by atoms with van der Waals surface area (Å²) in [6, 6.07) is 8.91. The molecule has 0 amide bonds. The van der Waals surface area contributed by atoms with Gasteiger partial charge in [0.25, 0.3) is 0 Å². The van der Waals surface area contributed by atoms with E-state index in [4.69, 9.17) is 0 Å². The van der Waals surface area contributed by atoms with Gasteiger partial charge in [-0.15, -0.1) is 10.2 Å². The second-order valence-corrected chi connectivity index (χ2v) is 6.93. The van der Waals surface area contributed by atoms with Crippen LogP contribution >= 0.6 is 11.3 Å². The standard InChI is InChI=1S/C16H20N4S/c1-10(2)9-13-5-7-14(8-6-13)11(3)15-19-20-12(4)17-18-16(20)21-15/h5-8,10-11H,9H2,1-4H3/t11-/m0/s1. The van der Waals surface area contributed by atoms with E-state index in [-0.39, 0.29) is 5.92 Å². The van der Waals surface area contributed by atoms with Crippen LogP contribution in [0.3, 0.4) is 0 Å². The van der Waals surface area contributed by atoms with Gasteiger partial charge in [-0.3, -0.25) is 0 Å². The Bertz CT molecular complexity index is 739. The van der Waals surface area contributed by atoms with Gasteiger partial charge in [-0.2, -0.15) is 9.61 Å². The van der Waals surface area contributed by atoms with Crippen LogP contribution < -0.4 is 0 Å². The van der Waals surface area contributed by atoms with Crippen molar-refractivity contribution in [3.8, 4) is 0 Å². The van der Waals surface area contributed by atoms with E-state index in [9.17, 15) is 0 Å². The van der Waals surface area contributed by atoms with Gasteiger partial charge in [0.1, 0.15) is 5.01 Å². The molecule has 2 heterocycles. The third-order valence-electron chi connectivity index (χ3n) is 3.66. The molecule has 0 saturated carbocycles. The van der Waals surface area contributed by atoms with Gasteiger partial charge in [0.2, 0.25) is 4.96 Å². The van der Waals surface area contributed by atoms with Crippen molar-refractivity contribution in [1.82, 2.24) is 19.8 Å². The van der Waals surface area contributed by atoms with Crippen molar-refractivity contribution in [3.63, 3.8) is 0 Å². The van der Waals surface area contributed by atoms with Crippen molar-refractivity contribution in [1.29, 1.82) is 0 Å². The highest BCUT2D eigenvalue weighted by atomic mass is 32.1. The van der Waals surface area contributed by atoms with Gasteiger partial charge in [0.05, 0.1) is 0 Å². The number of nitrogens with zero attached hydrogens (tertiary/aromatic N) is 4. The van der Waals surface area contributed by atoms with Crippen molar-refractivity contribution in [3.05, 3.63) is 46.2 Å². The Balaban J connectivity index is 1.85. The van der Waals surface area contributed by atoms with E-state index in [0.717, 1.165) is 22.2 Å². The Morgan fingerprint density at radius 1 is 1.10 bits per heavy atom. The number of hydrogen-bond donors (Lipinski definition) is 0. The molecular weight excluding hydrogens is 280 g/mol. The summed E-state index contributed by atoms with van der Waals surface area (Å²) < 4.78 is 1.82. The first-order valence-corrected chi connectivity index (χ1v) is 8.14. The maximum absolute atomic E-state index is 4.63. The van der Waals surface area contributed by atoms with Crippen LogP contribution in [0.15, 0.2) is 24.3 Å². The minimum atomic E-state index is 0.282. The molecule has 0 saturated heterocycles. The topological polar surface area (TPSA) is 43.1 Å². The second-order valence-electron chi connectivity index (χ2n) is 5.94. The maximum atomic E-state index is 4.63. The van der Waals surface area contributed by atoms with Crippen LogP contribution in [0.4, 0.5) is 0 Å². The van der Waals surface area contributed by atoms with E-state index < -0.39 is 0 Å². The summed E-state index contributed by atoms with van der Waals surface area (Å²) in [6.07, 6.45) is 1.13. The number of benzene rings is 1. The zero-order valence-electron chi connectivity index (χ0n) is 12.9. The molecule has 0 radical (unpaired) electrons. The minimum absolute atomic E-state index is 0.282. The monoisotopic (exact) mass is 300 g/mol. The highest BCUT2D eigenvalue weighted by molar-refractivity contribution is 7.16. The Labute approximate surface area is 128 Å². The molecule has 1 aromatic carbocycles. The van der Waals surface area contributed by atoms with Gasteiger partial charge in [0.15, 0.2) is 5.82 Å². The lowest BCUT2D eigenvalue weighted by Crippen LogP contribution is -1.99. The third kappa shape index (κ3) is 2.83. The molecule has 110 valence electrons. The summed E-state index contributed by atoms with van der Waals surface area (Å²) in [4.78, 5) is 0.866. The first-order chi connectivity index (χ1) is 10.0. The molecule has 0 spiro atoms. The molecule has 0 unspecified atom stereocenters. The number of aryl methyl sites for hydroxylation is 1. The molecule has 3 rings (SSSR count). The first-order valence-electron chi connectivity index (χ1n) is 7.32. The summed E-state index contributed by atoms with van der Waals surface area (Å²) in [7, 11) is 0. The van der Waals surface area contributed by atoms with Crippen molar-refractivity contribution >= 4 is 16.3 Å². The molecule has 0 fully saturated rings. The molecule has 0 aliphatic carbocycles. The number of rotatable bonds is 4. The summed E-state index contributed by atoms with van der Waals surface area (Å²) >= 11 is 1.61. The molecule has 2 aromatic heterocycles. The van der Waals surface area contributed by atoms with E-state index in [0.29, 0.717) is 5.92 Å². The van der Waals surface area contributed by atoms with Crippen LogP contribution in [0.5, 0.6) is 0 Å². The zero-order valence-corrected chi connectivity index (χ0v) is 13.7. The summed E-state index contributed by atoms with van der Waals surface area (Å²) in [5.41, 5.74) is 2.69. The molecule has 0 N–H and O–H groups in total. The molecule has 3 aromatic rings. The highest BCUT2D eigenvalue weighted by Gasteiger charge is 2.16. The van der Waals surface area contributed by atoms with Gasteiger partial charge >= 0.3 is 0 Å². The lowest BCUT2D eigenvalue weighted by molar-refractivity contribution is 0.647. The lowest BCUT2D eigenvalue weighted by atomic mass is 9.97. The van der Waals surface area contributed by atoms with Crippen LogP contribution in [0.25, 0.3) is 4.96 Å². The van der Waals surface area contributed by atoms with Crippen LogP contribution in [-0.4, -0.2) is 19.8 Å². The smallest absolute Gasteiger partial charge is 0.188 e. The predicted octanol–water partition coefficient (Wildman–Crippen LogP) is 3.84. The molecule has 0 aliphatic rings. The molecule has 0 aliphatic heterocycles. The van der Waals surface area contributed by atoms with Crippen molar-refractivity contribution in [2.24, 2.45) is 5.92 Å². The molecule has 1 atom stereocenters. The van der Waals surface area contributed by atoms with Gasteiger partial charge in [-0.05, 0) is 30.4 Å². The summed E-state index contributed by atoms with van der Waals surface area (Å²) in [5, 5.41) is 13.9. The van der Waals surface area contributed by atoms with E-state index in [1.165, 1.54) is 11.1 Å². The minimum Gasteiger partial charge on any atom is -0.188 e. The molecular formula is C16H20N4S. The van der Waals surface area contributed by atoms with Crippen LogP contribution in [0.1, 0.15) is 48.6 Å². The van der Waals surface area contributed by atoms with E-state index in [1.807, 2.05) is 11.4 Å². The zero-order chi connectivity index (χ0) is 15.0. The fourth-order valence-corrected chi connectivity index (χ4v) is 3.42. The van der Waals surface area contributed by atoms with Crippen molar-refractivity contribution in [2.75, 3.05) is 0 Å². The van der Waals surface area contributed by atoms with Crippen LogP contribution in [0.2, 0.25) is 0 Å². The number of aromatic nitrogens is 4. The summed E-state index contributed by atoms with van der Waals surface area (Å²) in [6.45, 7) is 8.61. The summed E-state index contributed by atoms with van der Waals surface area (Å²) in [5.74, 6) is 1.81. The molecule has 4 nitrogen and oxygen atoms in total. The van der Waals surface area contributed by atoms with Crippen LogP contribution in [-0.2, 0) is 6.42 Å². The Morgan fingerprint density at radius 2 is 1.81 bits per heavy atom. The van der Waals surface area contributed by atoms with Gasteiger partial charge in [-0.1, -0.05) is 56.4 Å². The first kappa shape index (κ1) is 14.2. The fourth-order valence-electron chi connectivity index (χ4n) is 2.46. The van der Waals surface area contributed by atoms with Crippen molar-refractivity contribution < 1.29 is 0 Å². The highest BCUT2D eigenvalue weighted by Crippen LogP contribution is 2.28. The van der Waals surface area contributed by atoms with Gasteiger partial charge < -0.3 is 0 Å². The fraction of sp³-hybridized carbons (Fsp3) is 0.438. The van der Waals surface area contributed by atoms with Gasteiger partial charge in [0, 0.05) is 5.92 Å². The maximum Gasteiger partial charge on any atom is 0.234 e. The normalized spacial score (nSPS) is 13.2.